The van der Waals surface area contributed by atoms with Gasteiger partial charge in [0.2, 0.25) is 0 Å². The first kappa shape index (κ1) is 16.7. The summed E-state index contributed by atoms with van der Waals surface area (Å²) in [6, 6.07) is 11.1. The van der Waals surface area contributed by atoms with Crippen molar-refractivity contribution in [3.05, 3.63) is 48.2 Å². The van der Waals surface area contributed by atoms with E-state index in [4.69, 9.17) is 0 Å². The molecule has 2 aromatic rings. The Morgan fingerprint density at radius 1 is 1.12 bits per heavy atom. The van der Waals surface area contributed by atoms with Crippen LogP contribution in [0.15, 0.2) is 42.6 Å². The predicted octanol–water partition coefficient (Wildman–Crippen LogP) is 2.46. The van der Waals surface area contributed by atoms with Crippen molar-refractivity contribution in [2.45, 2.75) is 19.8 Å². The number of benzene rings is 1. The zero-order valence-electron chi connectivity index (χ0n) is 13.9. The van der Waals surface area contributed by atoms with E-state index in [0.29, 0.717) is 23.7 Å². The molecule has 0 unspecified atom stereocenters. The number of rotatable bonds is 6. The monoisotopic (exact) mass is 346 g/mol. The second-order valence-corrected chi connectivity index (χ2v) is 7.37. The van der Waals surface area contributed by atoms with Gasteiger partial charge < -0.3 is 5.32 Å². The standard InChI is InChI=1S/C17H22N4O2S/c1-3-14-9-10-17(19-13-14)21-16-8-5-4-7-15(16)20(24(21,22)23)12-6-11-18-2/h4-5,7-10,13,18H,3,6,11-12H2,1-2H3. The smallest absolute Gasteiger partial charge is 0.320 e. The van der Waals surface area contributed by atoms with Crippen LogP contribution >= 0.6 is 0 Å². The van der Waals surface area contributed by atoms with E-state index in [0.717, 1.165) is 24.9 Å². The zero-order valence-corrected chi connectivity index (χ0v) is 14.8. The molecule has 2 heterocycles. The topological polar surface area (TPSA) is 65.5 Å². The first-order chi connectivity index (χ1) is 11.6. The van der Waals surface area contributed by atoms with Crippen LogP contribution in [0.25, 0.3) is 0 Å². The number of aromatic nitrogens is 1. The van der Waals surface area contributed by atoms with Crippen LogP contribution in [0.5, 0.6) is 0 Å². The summed E-state index contributed by atoms with van der Waals surface area (Å²) < 4.78 is 29.0. The van der Waals surface area contributed by atoms with E-state index in [1.165, 1.54) is 8.61 Å². The fourth-order valence-electron chi connectivity index (χ4n) is 2.82. The molecule has 0 fully saturated rings. The van der Waals surface area contributed by atoms with E-state index in [9.17, 15) is 8.42 Å². The third kappa shape index (κ3) is 2.85. The fraction of sp³-hybridized carbons (Fsp3) is 0.353. The number of fused-ring (bicyclic) bond motifs is 1. The van der Waals surface area contributed by atoms with Gasteiger partial charge in [0.25, 0.3) is 0 Å². The van der Waals surface area contributed by atoms with Crippen LogP contribution in [-0.2, 0) is 16.6 Å². The summed E-state index contributed by atoms with van der Waals surface area (Å²) in [5.74, 6) is 0.427. The summed E-state index contributed by atoms with van der Waals surface area (Å²) in [6.45, 7) is 3.24. The molecule has 1 N–H and O–H groups in total. The quantitative estimate of drug-likeness (QED) is 0.816. The Morgan fingerprint density at radius 2 is 1.88 bits per heavy atom. The molecule has 128 valence electrons. The molecule has 0 spiro atoms. The maximum absolute atomic E-state index is 13.1. The molecule has 1 aromatic carbocycles. The lowest BCUT2D eigenvalue weighted by molar-refractivity contribution is 0.591. The van der Waals surface area contributed by atoms with Crippen LogP contribution in [0.4, 0.5) is 17.2 Å². The third-order valence-corrected chi connectivity index (χ3v) is 5.87. The number of nitrogens with one attached hydrogen (secondary N) is 1. The van der Waals surface area contributed by atoms with Crippen molar-refractivity contribution < 1.29 is 8.42 Å². The molecule has 3 rings (SSSR count). The average Bonchev–Trinajstić information content (AvgIpc) is 2.82. The Morgan fingerprint density at radius 3 is 2.50 bits per heavy atom. The normalized spacial score (nSPS) is 15.6. The zero-order chi connectivity index (χ0) is 17.2. The molecule has 0 amide bonds. The summed E-state index contributed by atoms with van der Waals surface area (Å²) in [5.41, 5.74) is 2.43. The number of para-hydroxylation sites is 2. The van der Waals surface area contributed by atoms with E-state index in [1.54, 1.807) is 12.3 Å². The highest BCUT2D eigenvalue weighted by molar-refractivity contribution is 7.95. The lowest BCUT2D eigenvalue weighted by atomic mass is 10.2. The molecule has 1 aromatic heterocycles. The molecule has 0 radical (unpaired) electrons. The van der Waals surface area contributed by atoms with E-state index in [-0.39, 0.29) is 0 Å². The molecule has 0 saturated carbocycles. The molecule has 0 bridgehead atoms. The number of anilines is 3. The largest absolute Gasteiger partial charge is 0.332 e. The van der Waals surface area contributed by atoms with Crippen molar-refractivity contribution in [2.75, 3.05) is 28.7 Å². The first-order valence-electron chi connectivity index (χ1n) is 8.11. The van der Waals surface area contributed by atoms with Gasteiger partial charge in [-0.25, -0.2) is 9.29 Å². The SMILES string of the molecule is CCc1ccc(N2c3ccccc3N(CCCNC)S2(=O)=O)nc1. The van der Waals surface area contributed by atoms with Crippen molar-refractivity contribution in [2.24, 2.45) is 0 Å². The van der Waals surface area contributed by atoms with Crippen molar-refractivity contribution in [3.63, 3.8) is 0 Å². The summed E-state index contributed by atoms with van der Waals surface area (Å²) >= 11 is 0. The minimum Gasteiger partial charge on any atom is -0.320 e. The summed E-state index contributed by atoms with van der Waals surface area (Å²) in [4.78, 5) is 4.36. The molecule has 0 aliphatic carbocycles. The third-order valence-electron chi connectivity index (χ3n) is 4.09. The highest BCUT2D eigenvalue weighted by Gasteiger charge is 2.41. The van der Waals surface area contributed by atoms with Gasteiger partial charge in [-0.15, -0.1) is 0 Å². The molecule has 0 atom stereocenters. The van der Waals surface area contributed by atoms with Gasteiger partial charge in [0.15, 0.2) is 0 Å². The van der Waals surface area contributed by atoms with Crippen LogP contribution in [0.2, 0.25) is 0 Å². The summed E-state index contributed by atoms with van der Waals surface area (Å²) in [6.07, 6.45) is 3.34. The Bertz CT molecular complexity index is 806. The highest BCUT2D eigenvalue weighted by atomic mass is 32.2. The van der Waals surface area contributed by atoms with Gasteiger partial charge in [0.1, 0.15) is 5.82 Å². The average molecular weight is 346 g/mol. The maximum Gasteiger partial charge on any atom is 0.332 e. The minimum absolute atomic E-state index is 0.427. The lowest BCUT2D eigenvalue weighted by Crippen LogP contribution is -2.37. The number of pyridine rings is 1. The number of nitrogens with zero attached hydrogens (tertiary/aromatic N) is 3. The molecule has 7 heteroatoms. The Labute approximate surface area is 143 Å². The minimum atomic E-state index is -3.66. The van der Waals surface area contributed by atoms with Gasteiger partial charge in [-0.1, -0.05) is 25.1 Å². The molecule has 24 heavy (non-hydrogen) atoms. The number of hydrogen-bond acceptors (Lipinski definition) is 4. The Hall–Kier alpha value is -2.12. The molecule has 1 aliphatic heterocycles. The molecular weight excluding hydrogens is 324 g/mol. The van der Waals surface area contributed by atoms with Crippen molar-refractivity contribution >= 4 is 27.4 Å². The van der Waals surface area contributed by atoms with Gasteiger partial charge in [0, 0.05) is 12.7 Å². The number of aryl methyl sites for hydroxylation is 1. The summed E-state index contributed by atoms with van der Waals surface area (Å²) in [5, 5.41) is 3.05. The molecular formula is C17H22N4O2S. The molecule has 6 nitrogen and oxygen atoms in total. The second kappa shape index (κ2) is 6.78. The van der Waals surface area contributed by atoms with Gasteiger partial charge in [0.05, 0.1) is 11.4 Å². The first-order valence-corrected chi connectivity index (χ1v) is 9.51. The van der Waals surface area contributed by atoms with Crippen LogP contribution in [0.3, 0.4) is 0 Å². The van der Waals surface area contributed by atoms with Crippen molar-refractivity contribution in [1.29, 1.82) is 0 Å². The summed E-state index contributed by atoms with van der Waals surface area (Å²) in [7, 11) is -1.80. The van der Waals surface area contributed by atoms with Gasteiger partial charge in [-0.3, -0.25) is 4.31 Å². The Kier molecular flexibility index (Phi) is 4.73. The van der Waals surface area contributed by atoms with Crippen LogP contribution in [0, 0.1) is 0 Å². The van der Waals surface area contributed by atoms with Crippen molar-refractivity contribution in [3.8, 4) is 0 Å². The van der Waals surface area contributed by atoms with Crippen molar-refractivity contribution in [1.82, 2.24) is 10.3 Å². The lowest BCUT2D eigenvalue weighted by Gasteiger charge is -2.21. The molecule has 0 saturated heterocycles. The van der Waals surface area contributed by atoms with Gasteiger partial charge >= 0.3 is 10.2 Å². The van der Waals surface area contributed by atoms with Crippen LogP contribution < -0.4 is 13.9 Å². The second-order valence-electron chi connectivity index (χ2n) is 5.67. The maximum atomic E-state index is 13.1. The van der Waals surface area contributed by atoms with Gasteiger partial charge in [-0.2, -0.15) is 8.42 Å². The predicted molar refractivity (Wildman–Crippen MR) is 97.0 cm³/mol. The number of hydrogen-bond donors (Lipinski definition) is 1. The van der Waals surface area contributed by atoms with E-state index in [1.807, 2.05) is 44.3 Å². The van der Waals surface area contributed by atoms with Gasteiger partial charge in [-0.05, 0) is 50.2 Å². The highest BCUT2D eigenvalue weighted by Crippen LogP contribution is 2.44. The van der Waals surface area contributed by atoms with Crippen LogP contribution in [-0.4, -0.2) is 33.5 Å². The van der Waals surface area contributed by atoms with Crippen LogP contribution in [0.1, 0.15) is 18.9 Å². The van der Waals surface area contributed by atoms with E-state index >= 15 is 0 Å². The van der Waals surface area contributed by atoms with E-state index in [2.05, 4.69) is 10.3 Å². The fourth-order valence-corrected chi connectivity index (χ4v) is 4.52. The Balaban J connectivity index is 2.02. The van der Waals surface area contributed by atoms with E-state index < -0.39 is 10.2 Å². The molecule has 1 aliphatic rings.